The van der Waals surface area contributed by atoms with Gasteiger partial charge in [-0.1, -0.05) is 6.08 Å². The van der Waals surface area contributed by atoms with Crippen LogP contribution in [-0.2, 0) is 14.2 Å². The Morgan fingerprint density at radius 3 is 2.68 bits per heavy atom. The summed E-state index contributed by atoms with van der Waals surface area (Å²) in [6.45, 7) is 1.28. The van der Waals surface area contributed by atoms with Crippen LogP contribution in [-0.4, -0.2) is 30.7 Å². The third-order valence-electron chi connectivity index (χ3n) is 3.80. The molecule has 2 aliphatic rings. The van der Waals surface area contributed by atoms with Crippen LogP contribution in [0, 0.1) is 10.1 Å². The van der Waals surface area contributed by atoms with E-state index in [1.54, 1.807) is 12.1 Å². The zero-order valence-electron chi connectivity index (χ0n) is 12.3. The molecule has 2 heterocycles. The molecule has 2 aliphatic heterocycles. The summed E-state index contributed by atoms with van der Waals surface area (Å²) < 4.78 is 17.0. The predicted molar refractivity (Wildman–Crippen MR) is 80.1 cm³/mol. The average molecular weight is 305 g/mol. The molecule has 1 aromatic carbocycles. The summed E-state index contributed by atoms with van der Waals surface area (Å²) >= 11 is 0. The first-order valence-corrected chi connectivity index (χ1v) is 7.53. The molecule has 0 unspecified atom stereocenters. The lowest BCUT2D eigenvalue weighted by atomic mass is 10.1. The Morgan fingerprint density at radius 1 is 1.18 bits per heavy atom. The molecular weight excluding hydrogens is 286 g/mol. The van der Waals surface area contributed by atoms with Gasteiger partial charge in [0.05, 0.1) is 11.5 Å². The van der Waals surface area contributed by atoms with Gasteiger partial charge in [0, 0.05) is 25.2 Å². The molecule has 3 rings (SSSR count). The van der Waals surface area contributed by atoms with E-state index in [9.17, 15) is 10.1 Å². The summed E-state index contributed by atoms with van der Waals surface area (Å²) in [7, 11) is 0. The minimum Gasteiger partial charge on any atom is -0.353 e. The summed E-state index contributed by atoms with van der Waals surface area (Å²) in [6.07, 6.45) is 5.43. The van der Waals surface area contributed by atoms with Crippen molar-refractivity contribution in [3.8, 4) is 0 Å². The minimum absolute atomic E-state index is 0.0977. The fraction of sp³-hybridized carbons (Fsp3) is 0.500. The SMILES string of the molecule is O=[N+]([O-])c1ccc(/C=C2/CO[C@@H](O[C@H]3CCCCO3)C2)cc1. The van der Waals surface area contributed by atoms with Gasteiger partial charge < -0.3 is 14.2 Å². The molecule has 0 aromatic heterocycles. The molecule has 0 amide bonds. The number of benzene rings is 1. The van der Waals surface area contributed by atoms with Crippen molar-refractivity contribution in [2.45, 2.75) is 38.3 Å². The molecule has 2 saturated heterocycles. The summed E-state index contributed by atoms with van der Waals surface area (Å²) in [5.74, 6) is 0. The fourth-order valence-corrected chi connectivity index (χ4v) is 2.64. The van der Waals surface area contributed by atoms with Crippen molar-refractivity contribution in [1.82, 2.24) is 0 Å². The maximum Gasteiger partial charge on any atom is 0.269 e. The van der Waals surface area contributed by atoms with Crippen LogP contribution in [0.2, 0.25) is 0 Å². The van der Waals surface area contributed by atoms with Crippen LogP contribution in [0.4, 0.5) is 5.69 Å². The van der Waals surface area contributed by atoms with Crippen LogP contribution >= 0.6 is 0 Å². The Bertz CT molecular complexity index is 548. The lowest BCUT2D eigenvalue weighted by Crippen LogP contribution is -2.27. The standard InChI is InChI=1S/C16H19NO5/c18-17(19)14-6-4-12(5-7-14)9-13-10-16(21-11-13)22-15-3-1-2-8-20-15/h4-7,9,15-16H,1-3,8,10-11H2/b13-9+/t15-,16-/m0/s1. The highest BCUT2D eigenvalue weighted by atomic mass is 16.8. The van der Waals surface area contributed by atoms with E-state index in [1.165, 1.54) is 12.1 Å². The highest BCUT2D eigenvalue weighted by Crippen LogP contribution is 2.26. The van der Waals surface area contributed by atoms with Crippen LogP contribution in [0.5, 0.6) is 0 Å². The molecule has 1 aromatic rings. The van der Waals surface area contributed by atoms with E-state index in [2.05, 4.69) is 0 Å². The van der Waals surface area contributed by atoms with E-state index in [0.717, 1.165) is 37.0 Å². The third-order valence-corrected chi connectivity index (χ3v) is 3.80. The normalized spacial score (nSPS) is 27.2. The van der Waals surface area contributed by atoms with Gasteiger partial charge in [-0.15, -0.1) is 0 Å². The maximum atomic E-state index is 10.6. The van der Waals surface area contributed by atoms with Crippen molar-refractivity contribution in [1.29, 1.82) is 0 Å². The zero-order chi connectivity index (χ0) is 15.4. The topological polar surface area (TPSA) is 70.8 Å². The summed E-state index contributed by atoms with van der Waals surface area (Å²) in [6, 6.07) is 6.49. The Hall–Kier alpha value is -1.76. The number of ether oxygens (including phenoxy) is 3. The highest BCUT2D eigenvalue weighted by Gasteiger charge is 2.25. The molecule has 2 atom stereocenters. The molecule has 22 heavy (non-hydrogen) atoms. The van der Waals surface area contributed by atoms with Crippen molar-refractivity contribution in [2.24, 2.45) is 0 Å². The van der Waals surface area contributed by atoms with Crippen LogP contribution in [0.3, 0.4) is 0 Å². The molecule has 0 spiro atoms. The summed E-state index contributed by atoms with van der Waals surface area (Å²) in [5, 5.41) is 10.6. The Labute approximate surface area is 128 Å². The second-order valence-electron chi connectivity index (χ2n) is 5.53. The quantitative estimate of drug-likeness (QED) is 0.630. The average Bonchev–Trinajstić information content (AvgIpc) is 2.96. The lowest BCUT2D eigenvalue weighted by molar-refractivity contribution is -0.384. The van der Waals surface area contributed by atoms with Crippen molar-refractivity contribution in [2.75, 3.05) is 13.2 Å². The highest BCUT2D eigenvalue weighted by molar-refractivity contribution is 5.55. The smallest absolute Gasteiger partial charge is 0.269 e. The monoisotopic (exact) mass is 305 g/mol. The molecule has 0 saturated carbocycles. The van der Waals surface area contributed by atoms with Gasteiger partial charge in [0.2, 0.25) is 0 Å². The van der Waals surface area contributed by atoms with E-state index in [-0.39, 0.29) is 18.3 Å². The first-order chi connectivity index (χ1) is 10.7. The predicted octanol–water partition coefficient (Wildman–Crippen LogP) is 3.27. The number of nitro groups is 1. The Morgan fingerprint density at radius 2 is 2.00 bits per heavy atom. The van der Waals surface area contributed by atoms with Gasteiger partial charge in [0.15, 0.2) is 12.6 Å². The van der Waals surface area contributed by atoms with Gasteiger partial charge in [-0.3, -0.25) is 10.1 Å². The van der Waals surface area contributed by atoms with Gasteiger partial charge in [-0.05, 0) is 42.5 Å². The van der Waals surface area contributed by atoms with Gasteiger partial charge >= 0.3 is 0 Å². The van der Waals surface area contributed by atoms with E-state index in [0.29, 0.717) is 13.0 Å². The number of rotatable bonds is 4. The second-order valence-corrected chi connectivity index (χ2v) is 5.53. The molecule has 118 valence electrons. The summed E-state index contributed by atoms with van der Waals surface area (Å²) in [5.41, 5.74) is 2.15. The molecule has 6 heteroatoms. The van der Waals surface area contributed by atoms with Crippen LogP contribution in [0.1, 0.15) is 31.2 Å². The largest absolute Gasteiger partial charge is 0.353 e. The first kappa shape index (κ1) is 15.1. The molecule has 0 aliphatic carbocycles. The number of hydrogen-bond donors (Lipinski definition) is 0. The fourth-order valence-electron chi connectivity index (χ4n) is 2.64. The first-order valence-electron chi connectivity index (χ1n) is 7.53. The van der Waals surface area contributed by atoms with E-state index in [1.807, 2.05) is 6.08 Å². The molecule has 0 N–H and O–H groups in total. The summed E-state index contributed by atoms with van der Waals surface area (Å²) in [4.78, 5) is 10.2. The Balaban J connectivity index is 1.55. The van der Waals surface area contributed by atoms with Crippen molar-refractivity contribution in [3.63, 3.8) is 0 Å². The number of nitro benzene ring substituents is 1. The molecule has 6 nitrogen and oxygen atoms in total. The number of non-ortho nitro benzene ring substituents is 1. The van der Waals surface area contributed by atoms with Gasteiger partial charge in [-0.2, -0.15) is 0 Å². The van der Waals surface area contributed by atoms with Crippen LogP contribution < -0.4 is 0 Å². The van der Waals surface area contributed by atoms with Crippen molar-refractivity contribution in [3.05, 3.63) is 45.5 Å². The van der Waals surface area contributed by atoms with Crippen molar-refractivity contribution < 1.29 is 19.1 Å². The van der Waals surface area contributed by atoms with Crippen LogP contribution in [0.25, 0.3) is 6.08 Å². The van der Waals surface area contributed by atoms with Gasteiger partial charge in [-0.25, -0.2) is 0 Å². The number of nitrogens with zero attached hydrogens (tertiary/aromatic N) is 1. The van der Waals surface area contributed by atoms with E-state index < -0.39 is 4.92 Å². The Kier molecular flexibility index (Phi) is 4.82. The van der Waals surface area contributed by atoms with Crippen LogP contribution in [0.15, 0.2) is 29.8 Å². The minimum atomic E-state index is -0.399. The van der Waals surface area contributed by atoms with E-state index in [4.69, 9.17) is 14.2 Å². The molecular formula is C16H19NO5. The molecule has 0 bridgehead atoms. The second kappa shape index (κ2) is 7.00. The van der Waals surface area contributed by atoms with E-state index >= 15 is 0 Å². The van der Waals surface area contributed by atoms with Gasteiger partial charge in [0.1, 0.15) is 0 Å². The molecule has 0 radical (unpaired) electrons. The third kappa shape index (κ3) is 3.91. The van der Waals surface area contributed by atoms with Gasteiger partial charge in [0.25, 0.3) is 5.69 Å². The lowest BCUT2D eigenvalue weighted by Gasteiger charge is -2.25. The zero-order valence-corrected chi connectivity index (χ0v) is 12.3. The van der Waals surface area contributed by atoms with Crippen molar-refractivity contribution >= 4 is 11.8 Å². The molecule has 2 fully saturated rings. The number of hydrogen-bond acceptors (Lipinski definition) is 5. The maximum absolute atomic E-state index is 10.6.